The number of carboxylic acids is 1. The standard InChI is InChI=1S/C18H20O3/c1-18(2,3)15-11-13(9-12-7-5-4-6-8-12)10-14(16(15)19)17(20)21/h4-8,10-11,19H,9H2,1-3H3,(H,20,21). The smallest absolute Gasteiger partial charge is 0.339 e. The van der Waals surface area contributed by atoms with E-state index in [1.807, 2.05) is 57.2 Å². The van der Waals surface area contributed by atoms with E-state index in [1.54, 1.807) is 6.07 Å². The summed E-state index contributed by atoms with van der Waals surface area (Å²) in [5.74, 6) is -1.24. The van der Waals surface area contributed by atoms with Crippen molar-refractivity contribution in [3.63, 3.8) is 0 Å². The zero-order chi connectivity index (χ0) is 15.6. The van der Waals surface area contributed by atoms with Crippen LogP contribution in [0, 0.1) is 0 Å². The molecule has 0 fully saturated rings. The number of hydrogen-bond donors (Lipinski definition) is 2. The molecule has 0 saturated carbocycles. The highest BCUT2D eigenvalue weighted by Crippen LogP contribution is 2.35. The first-order chi connectivity index (χ1) is 9.79. The predicted molar refractivity (Wildman–Crippen MR) is 83.0 cm³/mol. The average Bonchev–Trinajstić information content (AvgIpc) is 2.40. The monoisotopic (exact) mass is 284 g/mol. The Labute approximate surface area is 124 Å². The molecule has 0 atom stereocenters. The summed E-state index contributed by atoms with van der Waals surface area (Å²) in [6, 6.07) is 13.3. The number of phenols is 1. The molecule has 0 aliphatic carbocycles. The summed E-state index contributed by atoms with van der Waals surface area (Å²) >= 11 is 0. The number of benzene rings is 2. The molecular formula is C18H20O3. The summed E-state index contributed by atoms with van der Waals surface area (Å²) in [6.07, 6.45) is 0.643. The van der Waals surface area contributed by atoms with Crippen molar-refractivity contribution in [3.05, 3.63) is 64.7 Å². The van der Waals surface area contributed by atoms with Gasteiger partial charge >= 0.3 is 5.97 Å². The molecule has 0 unspecified atom stereocenters. The molecule has 0 aliphatic heterocycles. The number of aromatic hydroxyl groups is 1. The van der Waals surface area contributed by atoms with Crippen LogP contribution in [-0.2, 0) is 11.8 Å². The van der Waals surface area contributed by atoms with Gasteiger partial charge in [-0.25, -0.2) is 4.79 Å². The molecule has 0 saturated heterocycles. The van der Waals surface area contributed by atoms with Crippen molar-refractivity contribution < 1.29 is 15.0 Å². The number of carbonyl (C=O) groups is 1. The molecular weight excluding hydrogens is 264 g/mol. The van der Waals surface area contributed by atoms with Gasteiger partial charge in [0.2, 0.25) is 0 Å². The lowest BCUT2D eigenvalue weighted by atomic mass is 9.83. The molecule has 0 bridgehead atoms. The van der Waals surface area contributed by atoms with Crippen LogP contribution in [0.3, 0.4) is 0 Å². The Hall–Kier alpha value is -2.29. The maximum absolute atomic E-state index is 11.3. The fraction of sp³-hybridized carbons (Fsp3) is 0.278. The van der Waals surface area contributed by atoms with Gasteiger partial charge in [0.05, 0.1) is 0 Å². The minimum Gasteiger partial charge on any atom is -0.507 e. The first-order valence-electron chi connectivity index (χ1n) is 6.92. The van der Waals surface area contributed by atoms with Crippen molar-refractivity contribution in [2.24, 2.45) is 0 Å². The summed E-state index contributed by atoms with van der Waals surface area (Å²) in [7, 11) is 0. The van der Waals surface area contributed by atoms with E-state index in [0.29, 0.717) is 12.0 Å². The Morgan fingerprint density at radius 1 is 1.05 bits per heavy atom. The van der Waals surface area contributed by atoms with E-state index in [1.165, 1.54) is 0 Å². The second kappa shape index (κ2) is 5.60. The highest BCUT2D eigenvalue weighted by atomic mass is 16.4. The Morgan fingerprint density at radius 3 is 2.19 bits per heavy atom. The van der Waals surface area contributed by atoms with E-state index in [4.69, 9.17) is 0 Å². The fourth-order valence-electron chi connectivity index (χ4n) is 2.36. The SMILES string of the molecule is CC(C)(C)c1cc(Cc2ccccc2)cc(C(=O)O)c1O. The Kier molecular flexibility index (Phi) is 4.03. The summed E-state index contributed by atoms with van der Waals surface area (Å²) < 4.78 is 0. The van der Waals surface area contributed by atoms with Gasteiger partial charge in [-0.05, 0) is 29.0 Å². The topological polar surface area (TPSA) is 57.5 Å². The van der Waals surface area contributed by atoms with Gasteiger partial charge in [0.25, 0.3) is 0 Å². The first kappa shape index (κ1) is 15.1. The average molecular weight is 284 g/mol. The van der Waals surface area contributed by atoms with E-state index >= 15 is 0 Å². The van der Waals surface area contributed by atoms with Crippen LogP contribution in [0.25, 0.3) is 0 Å². The Morgan fingerprint density at radius 2 is 1.67 bits per heavy atom. The van der Waals surface area contributed by atoms with Gasteiger partial charge in [0.1, 0.15) is 11.3 Å². The molecule has 0 amide bonds. The maximum Gasteiger partial charge on any atom is 0.339 e. The van der Waals surface area contributed by atoms with E-state index in [-0.39, 0.29) is 16.7 Å². The van der Waals surface area contributed by atoms with Gasteiger partial charge in [0, 0.05) is 5.56 Å². The fourth-order valence-corrected chi connectivity index (χ4v) is 2.36. The molecule has 0 heterocycles. The number of rotatable bonds is 3. The number of aromatic carboxylic acids is 1. The van der Waals surface area contributed by atoms with Gasteiger partial charge in [-0.2, -0.15) is 0 Å². The van der Waals surface area contributed by atoms with Crippen LogP contribution in [-0.4, -0.2) is 16.2 Å². The minimum absolute atomic E-state index is 0.0339. The van der Waals surface area contributed by atoms with Gasteiger partial charge in [-0.1, -0.05) is 57.2 Å². The largest absolute Gasteiger partial charge is 0.507 e. The molecule has 3 nitrogen and oxygen atoms in total. The van der Waals surface area contributed by atoms with E-state index in [2.05, 4.69) is 0 Å². The van der Waals surface area contributed by atoms with Crippen LogP contribution >= 0.6 is 0 Å². The normalized spacial score (nSPS) is 11.4. The number of hydrogen-bond acceptors (Lipinski definition) is 2. The van der Waals surface area contributed by atoms with Crippen LogP contribution in [0.4, 0.5) is 0 Å². The van der Waals surface area contributed by atoms with Crippen LogP contribution < -0.4 is 0 Å². The molecule has 0 spiro atoms. The zero-order valence-corrected chi connectivity index (χ0v) is 12.6. The highest BCUT2D eigenvalue weighted by Gasteiger charge is 2.23. The highest BCUT2D eigenvalue weighted by molar-refractivity contribution is 5.91. The summed E-state index contributed by atoms with van der Waals surface area (Å²) in [5, 5.41) is 19.5. The van der Waals surface area contributed by atoms with Gasteiger partial charge < -0.3 is 10.2 Å². The van der Waals surface area contributed by atoms with Crippen LogP contribution in [0.5, 0.6) is 5.75 Å². The quantitative estimate of drug-likeness (QED) is 0.896. The molecule has 0 aliphatic rings. The van der Waals surface area contributed by atoms with Crippen LogP contribution in [0.2, 0.25) is 0 Å². The molecule has 2 aromatic rings. The van der Waals surface area contributed by atoms with Crippen LogP contribution in [0.1, 0.15) is 47.8 Å². The molecule has 21 heavy (non-hydrogen) atoms. The zero-order valence-electron chi connectivity index (χ0n) is 12.6. The molecule has 0 radical (unpaired) electrons. The Bertz CT molecular complexity index is 652. The van der Waals surface area contributed by atoms with Crippen molar-refractivity contribution in [2.45, 2.75) is 32.6 Å². The Balaban J connectivity index is 2.52. The van der Waals surface area contributed by atoms with Crippen molar-refractivity contribution >= 4 is 5.97 Å². The van der Waals surface area contributed by atoms with Crippen molar-refractivity contribution in [2.75, 3.05) is 0 Å². The first-order valence-corrected chi connectivity index (χ1v) is 6.92. The van der Waals surface area contributed by atoms with E-state index in [0.717, 1.165) is 11.1 Å². The van der Waals surface area contributed by atoms with Gasteiger partial charge in [-0.3, -0.25) is 0 Å². The molecule has 2 aromatic carbocycles. The lowest BCUT2D eigenvalue weighted by Gasteiger charge is -2.22. The third-order valence-electron chi connectivity index (χ3n) is 3.46. The minimum atomic E-state index is -1.10. The molecule has 0 aromatic heterocycles. The second-order valence-electron chi connectivity index (χ2n) is 6.26. The summed E-state index contributed by atoms with van der Waals surface area (Å²) in [5.41, 5.74) is 2.31. The van der Waals surface area contributed by atoms with E-state index in [9.17, 15) is 15.0 Å². The summed E-state index contributed by atoms with van der Waals surface area (Å²) in [4.78, 5) is 11.3. The molecule has 2 N–H and O–H groups in total. The van der Waals surface area contributed by atoms with E-state index < -0.39 is 5.97 Å². The third-order valence-corrected chi connectivity index (χ3v) is 3.46. The van der Waals surface area contributed by atoms with Crippen molar-refractivity contribution in [3.8, 4) is 5.75 Å². The molecule has 2 rings (SSSR count). The predicted octanol–water partition coefficient (Wildman–Crippen LogP) is 3.98. The van der Waals surface area contributed by atoms with Crippen LogP contribution in [0.15, 0.2) is 42.5 Å². The lowest BCUT2D eigenvalue weighted by molar-refractivity contribution is 0.0693. The lowest BCUT2D eigenvalue weighted by Crippen LogP contribution is -2.14. The third kappa shape index (κ3) is 3.43. The van der Waals surface area contributed by atoms with Crippen molar-refractivity contribution in [1.82, 2.24) is 0 Å². The number of carboxylic acid groups (broad SMARTS) is 1. The van der Waals surface area contributed by atoms with Crippen molar-refractivity contribution in [1.29, 1.82) is 0 Å². The molecule has 3 heteroatoms. The summed E-state index contributed by atoms with van der Waals surface area (Å²) in [6.45, 7) is 5.87. The van der Waals surface area contributed by atoms with Gasteiger partial charge in [-0.15, -0.1) is 0 Å². The molecule has 110 valence electrons. The van der Waals surface area contributed by atoms with Gasteiger partial charge in [0.15, 0.2) is 0 Å². The maximum atomic E-state index is 11.3. The second-order valence-corrected chi connectivity index (χ2v) is 6.26.